The number of carbonyl (C=O) groups excluding carboxylic acids is 1. The van der Waals surface area contributed by atoms with E-state index in [2.05, 4.69) is 10.3 Å². The van der Waals surface area contributed by atoms with Crippen molar-refractivity contribution >= 4 is 11.6 Å². The lowest BCUT2D eigenvalue weighted by Gasteiger charge is -2.11. The number of rotatable bonds is 4. The third-order valence-corrected chi connectivity index (χ3v) is 2.67. The zero-order valence-corrected chi connectivity index (χ0v) is 11.4. The molecule has 0 aliphatic carbocycles. The number of nitrogens with zero attached hydrogens (tertiary/aromatic N) is 2. The molecule has 0 atom stereocenters. The van der Waals surface area contributed by atoms with Gasteiger partial charge in [0.05, 0.1) is 0 Å². The highest BCUT2D eigenvalue weighted by molar-refractivity contribution is 6.04. The Morgan fingerprint density at radius 2 is 2.10 bits per heavy atom. The van der Waals surface area contributed by atoms with Gasteiger partial charge in [-0.15, -0.1) is 0 Å². The number of anilines is 1. The first-order valence-electron chi connectivity index (χ1n) is 6.21. The van der Waals surface area contributed by atoms with Crippen molar-refractivity contribution in [2.45, 2.75) is 6.54 Å². The molecule has 1 aromatic heterocycles. The van der Waals surface area contributed by atoms with Crippen molar-refractivity contribution < 1.29 is 9.18 Å². The van der Waals surface area contributed by atoms with Crippen molar-refractivity contribution in [3.63, 3.8) is 0 Å². The van der Waals surface area contributed by atoms with Gasteiger partial charge in [0, 0.05) is 30.1 Å². The molecule has 1 aromatic carbocycles. The molecule has 104 valence electrons. The summed E-state index contributed by atoms with van der Waals surface area (Å²) in [5, 5.41) is 2.75. The van der Waals surface area contributed by atoms with Crippen LogP contribution >= 0.6 is 0 Å². The quantitative estimate of drug-likeness (QED) is 0.871. The minimum Gasteiger partial charge on any atom is -0.322 e. The van der Waals surface area contributed by atoms with Crippen LogP contribution in [0.5, 0.6) is 0 Å². The van der Waals surface area contributed by atoms with Gasteiger partial charge in [-0.3, -0.25) is 4.79 Å². The molecule has 1 amide bonds. The molecular formula is C15H16FN3O. The van der Waals surface area contributed by atoms with E-state index in [1.807, 2.05) is 37.2 Å². The topological polar surface area (TPSA) is 45.2 Å². The summed E-state index contributed by atoms with van der Waals surface area (Å²) in [5.74, 6) is -1.02. The van der Waals surface area contributed by atoms with Crippen LogP contribution in [0.1, 0.15) is 15.9 Å². The molecule has 4 nitrogen and oxygen atoms in total. The van der Waals surface area contributed by atoms with Crippen molar-refractivity contribution in [3.8, 4) is 0 Å². The Balaban J connectivity index is 2.11. The third kappa shape index (κ3) is 3.86. The number of aromatic nitrogens is 1. The molecule has 1 N–H and O–H groups in total. The van der Waals surface area contributed by atoms with Gasteiger partial charge >= 0.3 is 0 Å². The minimum absolute atomic E-state index is 0.246. The summed E-state index contributed by atoms with van der Waals surface area (Å²) in [4.78, 5) is 17.4. The molecule has 2 aromatic rings. The molecule has 0 aliphatic heterocycles. The van der Waals surface area contributed by atoms with Crippen LogP contribution in [-0.2, 0) is 6.54 Å². The molecule has 2 rings (SSSR count). The first kappa shape index (κ1) is 14.1. The number of halogens is 1. The smallest absolute Gasteiger partial charge is 0.255 e. The highest BCUT2D eigenvalue weighted by Crippen LogP contribution is 2.13. The molecule has 0 fully saturated rings. The van der Waals surface area contributed by atoms with Crippen molar-refractivity contribution in [1.29, 1.82) is 0 Å². The summed E-state index contributed by atoms with van der Waals surface area (Å²) in [5.41, 5.74) is 2.02. The normalized spacial score (nSPS) is 10.6. The Morgan fingerprint density at radius 3 is 2.80 bits per heavy atom. The van der Waals surface area contributed by atoms with Gasteiger partial charge in [0.2, 0.25) is 5.95 Å². The summed E-state index contributed by atoms with van der Waals surface area (Å²) in [6.07, 6.45) is 1.27. The van der Waals surface area contributed by atoms with Gasteiger partial charge in [0.1, 0.15) is 0 Å². The van der Waals surface area contributed by atoms with Crippen LogP contribution < -0.4 is 5.32 Å². The van der Waals surface area contributed by atoms with Crippen LogP contribution in [0.2, 0.25) is 0 Å². The van der Waals surface area contributed by atoms with Crippen molar-refractivity contribution in [2.75, 3.05) is 19.4 Å². The second kappa shape index (κ2) is 6.25. The molecule has 0 radical (unpaired) electrons. The fraction of sp³-hybridized carbons (Fsp3) is 0.200. The van der Waals surface area contributed by atoms with E-state index < -0.39 is 5.95 Å². The van der Waals surface area contributed by atoms with Crippen LogP contribution in [0.3, 0.4) is 0 Å². The Labute approximate surface area is 117 Å². The first-order chi connectivity index (χ1) is 9.54. The Bertz CT molecular complexity index is 614. The lowest BCUT2D eigenvalue weighted by Crippen LogP contribution is -2.14. The van der Waals surface area contributed by atoms with Gasteiger partial charge in [0.15, 0.2) is 0 Å². The lowest BCUT2D eigenvalue weighted by molar-refractivity contribution is 0.102. The van der Waals surface area contributed by atoms with E-state index in [1.54, 1.807) is 6.07 Å². The molecular weight excluding hydrogens is 257 g/mol. The van der Waals surface area contributed by atoms with Crippen LogP contribution in [0.25, 0.3) is 0 Å². The van der Waals surface area contributed by atoms with Crippen molar-refractivity contribution in [3.05, 3.63) is 59.7 Å². The van der Waals surface area contributed by atoms with E-state index in [4.69, 9.17) is 0 Å². The molecule has 0 bridgehead atoms. The number of benzene rings is 1. The van der Waals surface area contributed by atoms with Gasteiger partial charge in [0.25, 0.3) is 5.91 Å². The number of hydrogen-bond acceptors (Lipinski definition) is 3. The van der Waals surface area contributed by atoms with E-state index in [-0.39, 0.29) is 11.5 Å². The van der Waals surface area contributed by atoms with E-state index >= 15 is 0 Å². The summed E-state index contributed by atoms with van der Waals surface area (Å²) in [6, 6.07) is 10.1. The maximum atomic E-state index is 13.0. The zero-order chi connectivity index (χ0) is 14.5. The van der Waals surface area contributed by atoms with Crippen LogP contribution in [0.15, 0.2) is 42.6 Å². The fourth-order valence-electron chi connectivity index (χ4n) is 1.86. The highest BCUT2D eigenvalue weighted by Gasteiger charge is 2.07. The average Bonchev–Trinajstić information content (AvgIpc) is 2.38. The fourth-order valence-corrected chi connectivity index (χ4v) is 1.86. The molecule has 20 heavy (non-hydrogen) atoms. The predicted molar refractivity (Wildman–Crippen MR) is 76.0 cm³/mol. The number of hydrogen-bond donors (Lipinski definition) is 1. The molecule has 5 heteroatoms. The maximum absolute atomic E-state index is 13.0. The maximum Gasteiger partial charge on any atom is 0.255 e. The average molecular weight is 273 g/mol. The summed E-state index contributed by atoms with van der Waals surface area (Å²) in [7, 11) is 3.95. The van der Waals surface area contributed by atoms with Crippen LogP contribution in [-0.4, -0.2) is 29.9 Å². The number of nitrogens with one attached hydrogen (secondary N) is 1. The van der Waals surface area contributed by atoms with Gasteiger partial charge in [-0.05, 0) is 37.9 Å². The second-order valence-corrected chi connectivity index (χ2v) is 4.76. The van der Waals surface area contributed by atoms with Crippen molar-refractivity contribution in [1.82, 2.24) is 9.88 Å². The SMILES string of the molecule is CN(C)Cc1cccc(NC(=O)c2ccnc(F)c2)c1. The van der Waals surface area contributed by atoms with Gasteiger partial charge in [-0.25, -0.2) is 4.98 Å². The Hall–Kier alpha value is -2.27. The van der Waals surface area contributed by atoms with E-state index in [9.17, 15) is 9.18 Å². The predicted octanol–water partition coefficient (Wildman–Crippen LogP) is 2.53. The van der Waals surface area contributed by atoms with E-state index in [0.717, 1.165) is 18.2 Å². The molecule has 0 saturated heterocycles. The summed E-state index contributed by atoms with van der Waals surface area (Å²) < 4.78 is 13.0. The second-order valence-electron chi connectivity index (χ2n) is 4.76. The molecule has 0 aliphatic rings. The van der Waals surface area contributed by atoms with E-state index in [0.29, 0.717) is 5.69 Å². The first-order valence-corrected chi connectivity index (χ1v) is 6.21. The number of pyridine rings is 1. The van der Waals surface area contributed by atoms with Crippen LogP contribution in [0, 0.1) is 5.95 Å². The standard InChI is InChI=1S/C15H16FN3O/c1-19(2)10-11-4-3-5-13(8-11)18-15(20)12-6-7-17-14(16)9-12/h3-9H,10H2,1-2H3,(H,18,20). The molecule has 0 spiro atoms. The monoisotopic (exact) mass is 273 g/mol. The van der Waals surface area contributed by atoms with Gasteiger partial charge < -0.3 is 10.2 Å². The number of carbonyl (C=O) groups is 1. The highest BCUT2D eigenvalue weighted by atomic mass is 19.1. The van der Waals surface area contributed by atoms with Gasteiger partial charge in [-0.2, -0.15) is 4.39 Å². The largest absolute Gasteiger partial charge is 0.322 e. The van der Waals surface area contributed by atoms with Gasteiger partial charge in [-0.1, -0.05) is 12.1 Å². The Morgan fingerprint density at radius 1 is 1.30 bits per heavy atom. The minimum atomic E-state index is -0.668. The lowest BCUT2D eigenvalue weighted by atomic mass is 10.2. The molecule has 0 saturated carbocycles. The number of amides is 1. The zero-order valence-electron chi connectivity index (χ0n) is 11.4. The molecule has 1 heterocycles. The Kier molecular flexibility index (Phi) is 4.42. The van der Waals surface area contributed by atoms with E-state index in [1.165, 1.54) is 12.3 Å². The third-order valence-electron chi connectivity index (χ3n) is 2.67. The molecule has 0 unspecified atom stereocenters. The van der Waals surface area contributed by atoms with Crippen molar-refractivity contribution in [2.24, 2.45) is 0 Å². The summed E-state index contributed by atoms with van der Waals surface area (Å²) in [6.45, 7) is 0.785. The van der Waals surface area contributed by atoms with Crippen LogP contribution in [0.4, 0.5) is 10.1 Å². The summed E-state index contributed by atoms with van der Waals surface area (Å²) >= 11 is 0.